The first kappa shape index (κ1) is 18.5. The number of aryl methyl sites for hydroxylation is 2. The van der Waals surface area contributed by atoms with Crippen molar-refractivity contribution >= 4 is 28.5 Å². The van der Waals surface area contributed by atoms with Crippen LogP contribution in [-0.4, -0.2) is 25.2 Å². The Labute approximate surface area is 158 Å². The van der Waals surface area contributed by atoms with Crippen molar-refractivity contribution < 1.29 is 4.79 Å². The molecule has 0 aliphatic heterocycles. The summed E-state index contributed by atoms with van der Waals surface area (Å²) in [6.07, 6.45) is 0.338. The molecule has 1 N–H and O–H groups in total. The number of carbonyl (C=O) groups is 1. The molecule has 2 heterocycles. The van der Waals surface area contributed by atoms with Gasteiger partial charge in [-0.2, -0.15) is 5.10 Å². The van der Waals surface area contributed by atoms with Crippen LogP contribution in [-0.2, 0) is 17.9 Å². The van der Waals surface area contributed by atoms with Crippen molar-refractivity contribution in [2.24, 2.45) is 0 Å². The summed E-state index contributed by atoms with van der Waals surface area (Å²) in [6.45, 7) is 9.05. The van der Waals surface area contributed by atoms with Crippen LogP contribution >= 0.6 is 11.6 Å². The van der Waals surface area contributed by atoms with E-state index in [9.17, 15) is 4.79 Å². The van der Waals surface area contributed by atoms with Gasteiger partial charge in [0.1, 0.15) is 5.82 Å². The molecule has 1 aromatic carbocycles. The van der Waals surface area contributed by atoms with Crippen molar-refractivity contribution in [3.63, 3.8) is 0 Å². The zero-order chi connectivity index (χ0) is 18.8. The molecule has 6 nitrogen and oxygen atoms in total. The Morgan fingerprint density at radius 3 is 2.69 bits per heavy atom. The molecule has 0 aliphatic rings. The van der Waals surface area contributed by atoms with Gasteiger partial charge in [0.2, 0.25) is 5.91 Å². The second kappa shape index (κ2) is 7.50. The third kappa shape index (κ3) is 3.46. The molecule has 0 saturated carbocycles. The van der Waals surface area contributed by atoms with Gasteiger partial charge in [-0.15, -0.1) is 0 Å². The highest BCUT2D eigenvalue weighted by Crippen LogP contribution is 2.23. The van der Waals surface area contributed by atoms with Gasteiger partial charge < -0.3 is 9.88 Å². The maximum atomic E-state index is 12.4. The maximum absolute atomic E-state index is 12.4. The second-order valence-corrected chi connectivity index (χ2v) is 6.90. The number of halogens is 1. The number of aromatic nitrogens is 4. The topological polar surface area (TPSA) is 64.7 Å². The zero-order valence-electron chi connectivity index (χ0n) is 15.6. The molecule has 2 aromatic heterocycles. The SMILES string of the molecule is CCn1c(CNC(=O)C[C@@H](C)n2nc(C)c(Cl)c2C)nc2ccccc21. The first-order chi connectivity index (χ1) is 12.4. The van der Waals surface area contributed by atoms with E-state index in [1.54, 1.807) is 0 Å². The van der Waals surface area contributed by atoms with Crippen LogP contribution in [0.15, 0.2) is 24.3 Å². The quantitative estimate of drug-likeness (QED) is 0.714. The number of rotatable bonds is 6. The maximum Gasteiger partial charge on any atom is 0.222 e. The van der Waals surface area contributed by atoms with Gasteiger partial charge in [-0.05, 0) is 39.8 Å². The van der Waals surface area contributed by atoms with E-state index in [-0.39, 0.29) is 11.9 Å². The highest BCUT2D eigenvalue weighted by molar-refractivity contribution is 6.31. The Morgan fingerprint density at radius 2 is 2.04 bits per heavy atom. The molecule has 3 rings (SSSR count). The van der Waals surface area contributed by atoms with Gasteiger partial charge in [0.15, 0.2) is 0 Å². The number of fused-ring (bicyclic) bond motifs is 1. The first-order valence-corrected chi connectivity index (χ1v) is 9.22. The van der Waals surface area contributed by atoms with Gasteiger partial charge >= 0.3 is 0 Å². The van der Waals surface area contributed by atoms with E-state index in [1.165, 1.54) is 0 Å². The fourth-order valence-electron chi connectivity index (χ4n) is 3.29. The zero-order valence-corrected chi connectivity index (χ0v) is 16.3. The highest BCUT2D eigenvalue weighted by atomic mass is 35.5. The molecule has 26 heavy (non-hydrogen) atoms. The van der Waals surface area contributed by atoms with E-state index in [4.69, 9.17) is 11.6 Å². The lowest BCUT2D eigenvalue weighted by Gasteiger charge is -2.14. The standard InChI is InChI=1S/C19H24ClN5O/c1-5-24-16-9-7-6-8-15(16)22-17(24)11-21-18(26)10-12(2)25-14(4)19(20)13(3)23-25/h6-9,12H,5,10-11H2,1-4H3,(H,21,26)/t12-/m1/s1. The molecule has 138 valence electrons. The predicted molar refractivity (Wildman–Crippen MR) is 103 cm³/mol. The van der Waals surface area contributed by atoms with Crippen LogP contribution < -0.4 is 5.32 Å². The molecule has 0 unspecified atom stereocenters. The Balaban J connectivity index is 1.66. The highest BCUT2D eigenvalue weighted by Gasteiger charge is 2.18. The van der Waals surface area contributed by atoms with E-state index in [1.807, 2.05) is 49.7 Å². The summed E-state index contributed by atoms with van der Waals surface area (Å²) in [5.41, 5.74) is 3.71. The summed E-state index contributed by atoms with van der Waals surface area (Å²) in [6, 6.07) is 7.94. The summed E-state index contributed by atoms with van der Waals surface area (Å²) >= 11 is 6.20. The molecule has 0 aliphatic carbocycles. The molecule has 7 heteroatoms. The van der Waals surface area contributed by atoms with Gasteiger partial charge in [-0.25, -0.2) is 4.98 Å². The number of para-hydroxylation sites is 2. The lowest BCUT2D eigenvalue weighted by molar-refractivity contribution is -0.122. The van der Waals surface area contributed by atoms with Gasteiger partial charge in [0.05, 0.1) is 40.0 Å². The van der Waals surface area contributed by atoms with E-state index >= 15 is 0 Å². The fraction of sp³-hybridized carbons (Fsp3) is 0.421. The lowest BCUT2D eigenvalue weighted by atomic mass is 10.2. The minimum atomic E-state index is -0.0637. The number of nitrogens with zero attached hydrogens (tertiary/aromatic N) is 4. The van der Waals surface area contributed by atoms with Crippen molar-refractivity contribution in [1.82, 2.24) is 24.6 Å². The Kier molecular flexibility index (Phi) is 5.32. The van der Waals surface area contributed by atoms with Crippen molar-refractivity contribution in [1.29, 1.82) is 0 Å². The molecule has 3 aromatic rings. The molecule has 0 saturated heterocycles. The minimum absolute atomic E-state index is 0.0316. The van der Waals surface area contributed by atoms with Crippen molar-refractivity contribution in [3.05, 3.63) is 46.5 Å². The van der Waals surface area contributed by atoms with Gasteiger partial charge in [-0.1, -0.05) is 23.7 Å². The molecular weight excluding hydrogens is 350 g/mol. The molecule has 0 radical (unpaired) electrons. The summed E-state index contributed by atoms with van der Waals surface area (Å²) in [5, 5.41) is 8.07. The average Bonchev–Trinajstić information content (AvgIpc) is 3.11. The number of amides is 1. The van der Waals surface area contributed by atoms with E-state index in [0.717, 1.165) is 34.8 Å². The van der Waals surface area contributed by atoms with Crippen LogP contribution in [0.25, 0.3) is 11.0 Å². The molecule has 0 fully saturated rings. The number of nitrogens with one attached hydrogen (secondary N) is 1. The molecule has 1 amide bonds. The number of carbonyl (C=O) groups excluding carboxylic acids is 1. The Hall–Kier alpha value is -2.34. The summed E-state index contributed by atoms with van der Waals surface area (Å²) < 4.78 is 3.94. The van der Waals surface area contributed by atoms with Crippen LogP contribution in [0.4, 0.5) is 0 Å². The molecule has 0 bridgehead atoms. The normalized spacial score (nSPS) is 12.5. The third-order valence-corrected chi connectivity index (χ3v) is 5.18. The van der Waals surface area contributed by atoms with Gasteiger partial charge in [-0.3, -0.25) is 9.48 Å². The second-order valence-electron chi connectivity index (χ2n) is 6.52. The van der Waals surface area contributed by atoms with Crippen LogP contribution in [0.3, 0.4) is 0 Å². The van der Waals surface area contributed by atoms with Crippen LogP contribution in [0.1, 0.15) is 43.5 Å². The molecule has 1 atom stereocenters. The van der Waals surface area contributed by atoms with E-state index in [2.05, 4.69) is 26.9 Å². The molecule has 0 spiro atoms. The average molecular weight is 374 g/mol. The van der Waals surface area contributed by atoms with Crippen LogP contribution in [0.5, 0.6) is 0 Å². The minimum Gasteiger partial charge on any atom is -0.349 e. The monoisotopic (exact) mass is 373 g/mol. The first-order valence-electron chi connectivity index (χ1n) is 8.84. The third-order valence-electron chi connectivity index (χ3n) is 4.63. The Morgan fingerprint density at radius 1 is 1.31 bits per heavy atom. The predicted octanol–water partition coefficient (Wildman–Crippen LogP) is 3.79. The lowest BCUT2D eigenvalue weighted by Crippen LogP contribution is -2.27. The number of imidazole rings is 1. The van der Waals surface area contributed by atoms with Gasteiger partial charge in [0, 0.05) is 13.0 Å². The summed E-state index contributed by atoms with van der Waals surface area (Å²) in [4.78, 5) is 17.0. The van der Waals surface area contributed by atoms with Crippen molar-refractivity contribution in [2.75, 3.05) is 0 Å². The van der Waals surface area contributed by atoms with Crippen LogP contribution in [0.2, 0.25) is 5.02 Å². The summed E-state index contributed by atoms with van der Waals surface area (Å²) in [7, 11) is 0. The van der Waals surface area contributed by atoms with E-state index < -0.39 is 0 Å². The smallest absolute Gasteiger partial charge is 0.222 e. The number of hydrogen-bond acceptors (Lipinski definition) is 3. The molecular formula is C19H24ClN5O. The largest absolute Gasteiger partial charge is 0.349 e. The van der Waals surface area contributed by atoms with Crippen LogP contribution in [0, 0.1) is 13.8 Å². The summed E-state index contributed by atoms with van der Waals surface area (Å²) in [5.74, 6) is 0.833. The van der Waals surface area contributed by atoms with E-state index in [0.29, 0.717) is 18.0 Å². The van der Waals surface area contributed by atoms with Gasteiger partial charge in [0.25, 0.3) is 0 Å². The number of benzene rings is 1. The van der Waals surface area contributed by atoms with Crippen molar-refractivity contribution in [2.45, 2.75) is 53.2 Å². The number of hydrogen-bond donors (Lipinski definition) is 1. The Bertz CT molecular complexity index is 943. The van der Waals surface area contributed by atoms with Crippen molar-refractivity contribution in [3.8, 4) is 0 Å². The fourth-order valence-corrected chi connectivity index (χ4v) is 3.41.